The van der Waals surface area contributed by atoms with Crippen LogP contribution in [0.3, 0.4) is 0 Å². The molecule has 22 heavy (non-hydrogen) atoms. The molecule has 1 unspecified atom stereocenters. The van der Waals surface area contributed by atoms with Crippen molar-refractivity contribution in [2.75, 3.05) is 6.54 Å². The Morgan fingerprint density at radius 3 is 2.68 bits per heavy atom. The summed E-state index contributed by atoms with van der Waals surface area (Å²) in [4.78, 5) is 15.8. The highest BCUT2D eigenvalue weighted by Crippen LogP contribution is 2.12. The molecule has 1 aromatic carbocycles. The molecule has 5 heteroatoms. The van der Waals surface area contributed by atoms with Crippen molar-refractivity contribution in [3.05, 3.63) is 64.9 Å². The molecule has 1 amide bonds. The van der Waals surface area contributed by atoms with Crippen molar-refractivity contribution in [3.8, 4) is 0 Å². The summed E-state index contributed by atoms with van der Waals surface area (Å²) >= 11 is 5.82. The molecule has 0 radical (unpaired) electrons. The summed E-state index contributed by atoms with van der Waals surface area (Å²) in [6.07, 6.45) is 2.85. The Morgan fingerprint density at radius 2 is 2.00 bits per heavy atom. The second-order valence-corrected chi connectivity index (χ2v) is 5.49. The first kappa shape index (κ1) is 16.5. The molecule has 4 nitrogen and oxygen atoms in total. The quantitative estimate of drug-likeness (QED) is 0.825. The van der Waals surface area contributed by atoms with Crippen LogP contribution in [0.2, 0.25) is 5.02 Å². The second-order valence-electron chi connectivity index (χ2n) is 5.05. The first-order valence-electron chi connectivity index (χ1n) is 7.25. The van der Waals surface area contributed by atoms with Gasteiger partial charge in [-0.3, -0.25) is 9.78 Å². The first-order chi connectivity index (χ1) is 10.6. The lowest BCUT2D eigenvalue weighted by molar-refractivity contribution is -0.121. The van der Waals surface area contributed by atoms with E-state index in [2.05, 4.69) is 10.3 Å². The monoisotopic (exact) mass is 318 g/mol. The highest BCUT2D eigenvalue weighted by molar-refractivity contribution is 6.30. The second kappa shape index (κ2) is 8.51. The van der Waals surface area contributed by atoms with Gasteiger partial charge in [0.1, 0.15) is 6.10 Å². The molecule has 2 rings (SSSR count). The number of nitrogens with zero attached hydrogens (tertiary/aromatic N) is 1. The van der Waals surface area contributed by atoms with E-state index in [4.69, 9.17) is 11.6 Å². The van der Waals surface area contributed by atoms with Crippen molar-refractivity contribution in [2.45, 2.75) is 25.4 Å². The van der Waals surface area contributed by atoms with Crippen molar-refractivity contribution in [1.82, 2.24) is 10.3 Å². The van der Waals surface area contributed by atoms with Gasteiger partial charge >= 0.3 is 0 Å². The maximum atomic E-state index is 11.8. The first-order valence-corrected chi connectivity index (χ1v) is 7.63. The highest BCUT2D eigenvalue weighted by Gasteiger charge is 2.10. The number of benzene rings is 1. The number of rotatable bonds is 7. The highest BCUT2D eigenvalue weighted by atomic mass is 35.5. The molecule has 0 spiro atoms. The molecule has 0 saturated carbocycles. The third-order valence-electron chi connectivity index (χ3n) is 3.30. The molecule has 1 aromatic heterocycles. The number of nitrogens with one attached hydrogen (secondary N) is 1. The van der Waals surface area contributed by atoms with E-state index in [1.54, 1.807) is 24.4 Å². The van der Waals surface area contributed by atoms with E-state index in [0.29, 0.717) is 17.1 Å². The van der Waals surface area contributed by atoms with Crippen molar-refractivity contribution >= 4 is 17.5 Å². The van der Waals surface area contributed by atoms with E-state index in [0.717, 1.165) is 18.4 Å². The number of amides is 1. The van der Waals surface area contributed by atoms with Crippen LogP contribution in [0.5, 0.6) is 0 Å². The molecule has 0 aliphatic carbocycles. The minimum atomic E-state index is -0.776. The molecule has 0 saturated heterocycles. The van der Waals surface area contributed by atoms with Gasteiger partial charge in [-0.25, -0.2) is 0 Å². The smallest absolute Gasteiger partial charge is 0.220 e. The summed E-state index contributed by atoms with van der Waals surface area (Å²) in [7, 11) is 0. The lowest BCUT2D eigenvalue weighted by Crippen LogP contribution is -2.28. The number of aliphatic hydroxyl groups excluding tert-OH is 1. The van der Waals surface area contributed by atoms with Gasteiger partial charge in [-0.15, -0.1) is 0 Å². The van der Waals surface area contributed by atoms with Gasteiger partial charge in [-0.05, 0) is 42.7 Å². The van der Waals surface area contributed by atoms with E-state index in [1.807, 2.05) is 24.3 Å². The largest absolute Gasteiger partial charge is 0.385 e. The summed E-state index contributed by atoms with van der Waals surface area (Å²) in [5, 5.41) is 13.3. The number of hydrogen-bond acceptors (Lipinski definition) is 3. The zero-order valence-electron chi connectivity index (χ0n) is 12.2. The minimum Gasteiger partial charge on any atom is -0.385 e. The van der Waals surface area contributed by atoms with Crippen molar-refractivity contribution in [1.29, 1.82) is 0 Å². The molecule has 0 fully saturated rings. The summed E-state index contributed by atoms with van der Waals surface area (Å²) in [6, 6.07) is 12.9. The van der Waals surface area contributed by atoms with Crippen LogP contribution >= 0.6 is 11.6 Å². The van der Waals surface area contributed by atoms with Crippen molar-refractivity contribution in [3.63, 3.8) is 0 Å². The van der Waals surface area contributed by atoms with Gasteiger partial charge in [0, 0.05) is 24.2 Å². The summed E-state index contributed by atoms with van der Waals surface area (Å²) in [5.41, 5.74) is 1.72. The third-order valence-corrected chi connectivity index (χ3v) is 3.56. The maximum Gasteiger partial charge on any atom is 0.220 e. The Morgan fingerprint density at radius 1 is 1.23 bits per heavy atom. The molecule has 2 N–H and O–H groups in total. The van der Waals surface area contributed by atoms with Crippen molar-refractivity contribution < 1.29 is 9.90 Å². The van der Waals surface area contributed by atoms with Crippen LogP contribution in [0.25, 0.3) is 0 Å². The fourth-order valence-electron chi connectivity index (χ4n) is 2.08. The van der Waals surface area contributed by atoms with Gasteiger partial charge in [0.05, 0.1) is 5.69 Å². The number of hydrogen-bond donors (Lipinski definition) is 2. The number of halogens is 1. The summed E-state index contributed by atoms with van der Waals surface area (Å²) in [5.74, 6) is -0.0658. The normalized spacial score (nSPS) is 11.9. The van der Waals surface area contributed by atoms with Crippen LogP contribution in [-0.2, 0) is 11.2 Å². The maximum absolute atomic E-state index is 11.8. The molecule has 0 aliphatic rings. The predicted molar refractivity (Wildman–Crippen MR) is 86.6 cm³/mol. The van der Waals surface area contributed by atoms with Gasteiger partial charge in [-0.1, -0.05) is 29.8 Å². The van der Waals surface area contributed by atoms with E-state index in [-0.39, 0.29) is 12.5 Å². The predicted octanol–water partition coefficient (Wildman–Crippen LogP) is 2.91. The van der Waals surface area contributed by atoms with E-state index < -0.39 is 6.10 Å². The van der Waals surface area contributed by atoms with Gasteiger partial charge < -0.3 is 10.4 Å². The van der Waals surface area contributed by atoms with Gasteiger partial charge in [0.15, 0.2) is 0 Å². The SMILES string of the molecule is O=C(CCCc1ccc(Cl)cc1)NCC(O)c1ccccn1. The average Bonchev–Trinajstić information content (AvgIpc) is 2.55. The van der Waals surface area contributed by atoms with Gasteiger partial charge in [-0.2, -0.15) is 0 Å². The van der Waals surface area contributed by atoms with Crippen LogP contribution in [-0.4, -0.2) is 22.5 Å². The summed E-state index contributed by atoms with van der Waals surface area (Å²) < 4.78 is 0. The Hall–Kier alpha value is -1.91. The zero-order valence-corrected chi connectivity index (χ0v) is 13.0. The molecular formula is C17H19ClN2O2. The van der Waals surface area contributed by atoms with Crippen LogP contribution in [0.1, 0.15) is 30.2 Å². The number of pyridine rings is 1. The number of carbonyl (C=O) groups excluding carboxylic acids is 1. The standard InChI is InChI=1S/C17H19ClN2O2/c18-14-9-7-13(8-10-14)4-3-6-17(22)20-12-16(21)15-5-1-2-11-19-15/h1-2,5,7-11,16,21H,3-4,6,12H2,(H,20,22). The lowest BCUT2D eigenvalue weighted by atomic mass is 10.1. The third kappa shape index (κ3) is 5.47. The van der Waals surface area contributed by atoms with E-state index in [1.165, 1.54) is 0 Å². The number of carbonyl (C=O) groups is 1. The minimum absolute atomic E-state index is 0.0658. The summed E-state index contributed by atoms with van der Waals surface area (Å²) in [6.45, 7) is 0.177. The number of aliphatic hydroxyl groups is 1. The number of aromatic nitrogens is 1. The Kier molecular flexibility index (Phi) is 6.37. The fourth-order valence-corrected chi connectivity index (χ4v) is 2.21. The topological polar surface area (TPSA) is 62.2 Å². The molecule has 1 heterocycles. The zero-order chi connectivity index (χ0) is 15.8. The van der Waals surface area contributed by atoms with Crippen LogP contribution in [0, 0.1) is 0 Å². The molecular weight excluding hydrogens is 300 g/mol. The van der Waals surface area contributed by atoms with Crippen LogP contribution in [0.4, 0.5) is 0 Å². The Balaban J connectivity index is 1.66. The van der Waals surface area contributed by atoms with E-state index >= 15 is 0 Å². The molecule has 2 aromatic rings. The van der Waals surface area contributed by atoms with Gasteiger partial charge in [0.2, 0.25) is 5.91 Å². The molecule has 116 valence electrons. The molecule has 0 bridgehead atoms. The molecule has 0 aliphatic heterocycles. The number of aryl methyl sites for hydroxylation is 1. The Bertz CT molecular complexity index is 587. The lowest BCUT2D eigenvalue weighted by Gasteiger charge is -2.11. The van der Waals surface area contributed by atoms with Crippen molar-refractivity contribution in [2.24, 2.45) is 0 Å². The fraction of sp³-hybridized carbons (Fsp3) is 0.294. The van der Waals surface area contributed by atoms with Crippen LogP contribution < -0.4 is 5.32 Å². The molecule has 1 atom stereocenters. The van der Waals surface area contributed by atoms with Crippen LogP contribution in [0.15, 0.2) is 48.7 Å². The van der Waals surface area contributed by atoms with Gasteiger partial charge in [0.25, 0.3) is 0 Å². The average molecular weight is 319 g/mol. The van der Waals surface area contributed by atoms with E-state index in [9.17, 15) is 9.90 Å². The Labute approximate surface area is 135 Å².